The minimum atomic E-state index is -0.141. The van der Waals surface area contributed by atoms with Crippen LogP contribution < -0.4 is 0 Å². The second-order valence-corrected chi connectivity index (χ2v) is 4.27. The van der Waals surface area contributed by atoms with Crippen molar-refractivity contribution in [2.24, 2.45) is 0 Å². The summed E-state index contributed by atoms with van der Waals surface area (Å²) in [4.78, 5) is 11.0. The maximum Gasteiger partial charge on any atom is 0.164 e. The van der Waals surface area contributed by atoms with E-state index in [0.717, 1.165) is 3.57 Å². The Morgan fingerprint density at radius 2 is 2.17 bits per heavy atom. The average Bonchev–Trinajstić information content (AvgIpc) is 1.97. The SMILES string of the molecule is CC(=O)c1c(O)ccc(I)c1Br. The smallest absolute Gasteiger partial charge is 0.164 e. The molecule has 0 aromatic heterocycles. The van der Waals surface area contributed by atoms with Gasteiger partial charge in [-0.05, 0) is 57.6 Å². The lowest BCUT2D eigenvalue weighted by Crippen LogP contribution is -1.95. The van der Waals surface area contributed by atoms with Crippen molar-refractivity contribution in [2.45, 2.75) is 6.92 Å². The lowest BCUT2D eigenvalue weighted by molar-refractivity contribution is 0.101. The van der Waals surface area contributed by atoms with E-state index < -0.39 is 0 Å². The quantitative estimate of drug-likeness (QED) is 0.630. The highest BCUT2D eigenvalue weighted by Gasteiger charge is 2.12. The zero-order valence-corrected chi connectivity index (χ0v) is 10.0. The molecule has 1 N–H and O–H groups in total. The number of phenols is 1. The molecule has 0 aliphatic rings. The van der Waals surface area contributed by atoms with Gasteiger partial charge in [-0.15, -0.1) is 0 Å². The van der Waals surface area contributed by atoms with Gasteiger partial charge in [-0.25, -0.2) is 0 Å². The summed E-state index contributed by atoms with van der Waals surface area (Å²) >= 11 is 5.33. The van der Waals surface area contributed by atoms with Crippen LogP contribution in [0.2, 0.25) is 0 Å². The zero-order valence-electron chi connectivity index (χ0n) is 6.27. The number of aromatic hydroxyl groups is 1. The first kappa shape index (κ1) is 9.98. The molecule has 0 saturated heterocycles. The van der Waals surface area contributed by atoms with E-state index in [1.165, 1.54) is 13.0 Å². The number of phenolic OH excluding ortho intramolecular Hbond substituents is 1. The molecule has 1 aromatic rings. The van der Waals surface area contributed by atoms with Gasteiger partial charge in [0.2, 0.25) is 0 Å². The Labute approximate surface area is 92.2 Å². The van der Waals surface area contributed by atoms with Gasteiger partial charge in [0.1, 0.15) is 5.75 Å². The van der Waals surface area contributed by atoms with Crippen LogP contribution in [-0.2, 0) is 0 Å². The molecule has 12 heavy (non-hydrogen) atoms. The lowest BCUT2D eigenvalue weighted by Gasteiger charge is -2.04. The van der Waals surface area contributed by atoms with Gasteiger partial charge in [0.25, 0.3) is 0 Å². The van der Waals surface area contributed by atoms with Crippen LogP contribution in [-0.4, -0.2) is 10.9 Å². The Hall–Kier alpha value is -0.100. The summed E-state index contributed by atoms with van der Waals surface area (Å²) in [6, 6.07) is 3.26. The van der Waals surface area contributed by atoms with Gasteiger partial charge in [0.15, 0.2) is 5.78 Å². The zero-order chi connectivity index (χ0) is 9.30. The minimum absolute atomic E-state index is 0.0230. The standard InChI is InChI=1S/C8H6BrIO2/c1-4(11)7-6(12)3-2-5(10)8(7)9/h2-3,12H,1H3. The number of halogens is 2. The van der Waals surface area contributed by atoms with Crippen LogP contribution >= 0.6 is 38.5 Å². The highest BCUT2D eigenvalue weighted by molar-refractivity contribution is 14.1. The monoisotopic (exact) mass is 340 g/mol. The van der Waals surface area contributed by atoms with Crippen molar-refractivity contribution < 1.29 is 9.90 Å². The Kier molecular flexibility index (Phi) is 3.11. The number of benzene rings is 1. The van der Waals surface area contributed by atoms with Gasteiger partial charge >= 0.3 is 0 Å². The maximum absolute atomic E-state index is 11.0. The molecule has 0 aliphatic heterocycles. The number of hydrogen-bond acceptors (Lipinski definition) is 2. The molecular weight excluding hydrogens is 335 g/mol. The van der Waals surface area contributed by atoms with E-state index in [4.69, 9.17) is 0 Å². The first-order chi connectivity index (χ1) is 5.54. The van der Waals surface area contributed by atoms with Crippen LogP contribution in [0.15, 0.2) is 16.6 Å². The predicted octanol–water partition coefficient (Wildman–Crippen LogP) is 2.96. The topological polar surface area (TPSA) is 37.3 Å². The van der Waals surface area contributed by atoms with Crippen LogP contribution in [0.4, 0.5) is 0 Å². The van der Waals surface area contributed by atoms with Crippen molar-refractivity contribution in [3.8, 4) is 5.75 Å². The van der Waals surface area contributed by atoms with Crippen molar-refractivity contribution in [3.05, 3.63) is 25.7 Å². The van der Waals surface area contributed by atoms with E-state index in [2.05, 4.69) is 38.5 Å². The van der Waals surface area contributed by atoms with Crippen LogP contribution in [0.3, 0.4) is 0 Å². The number of ketones is 1. The van der Waals surface area contributed by atoms with Gasteiger partial charge in [0, 0.05) is 8.04 Å². The van der Waals surface area contributed by atoms with E-state index >= 15 is 0 Å². The summed E-state index contributed by atoms with van der Waals surface area (Å²) in [5.74, 6) is -0.118. The fraction of sp³-hybridized carbons (Fsp3) is 0.125. The molecule has 1 rings (SSSR count). The lowest BCUT2D eigenvalue weighted by atomic mass is 10.1. The van der Waals surface area contributed by atoms with Crippen molar-refractivity contribution in [1.29, 1.82) is 0 Å². The van der Waals surface area contributed by atoms with Crippen LogP contribution in [0.1, 0.15) is 17.3 Å². The molecule has 0 atom stereocenters. The van der Waals surface area contributed by atoms with E-state index in [-0.39, 0.29) is 11.5 Å². The van der Waals surface area contributed by atoms with Gasteiger partial charge in [-0.1, -0.05) is 0 Å². The molecular formula is C8H6BrIO2. The molecule has 0 bridgehead atoms. The van der Waals surface area contributed by atoms with Crippen molar-refractivity contribution in [3.63, 3.8) is 0 Å². The third-order valence-corrected chi connectivity index (χ3v) is 3.89. The minimum Gasteiger partial charge on any atom is -0.507 e. The van der Waals surface area contributed by atoms with Crippen molar-refractivity contribution in [1.82, 2.24) is 0 Å². The molecule has 64 valence electrons. The molecule has 0 saturated carbocycles. The molecule has 2 nitrogen and oxygen atoms in total. The summed E-state index contributed by atoms with van der Waals surface area (Å²) in [5, 5.41) is 9.33. The summed E-state index contributed by atoms with van der Waals surface area (Å²) < 4.78 is 1.58. The van der Waals surface area contributed by atoms with Crippen LogP contribution in [0.5, 0.6) is 5.75 Å². The molecule has 0 radical (unpaired) electrons. The number of carbonyl (C=O) groups is 1. The summed E-state index contributed by atoms with van der Waals surface area (Å²) in [7, 11) is 0. The summed E-state index contributed by atoms with van der Waals surface area (Å²) in [6.45, 7) is 1.43. The normalized spacial score (nSPS) is 9.92. The average molecular weight is 341 g/mol. The van der Waals surface area contributed by atoms with Gasteiger partial charge < -0.3 is 5.11 Å². The summed E-state index contributed by atoms with van der Waals surface area (Å²) in [6.07, 6.45) is 0. The second-order valence-electron chi connectivity index (χ2n) is 2.31. The first-order valence-corrected chi connectivity index (χ1v) is 5.09. The van der Waals surface area contributed by atoms with E-state index in [0.29, 0.717) is 10.0 Å². The largest absolute Gasteiger partial charge is 0.507 e. The Balaban J connectivity index is 3.43. The van der Waals surface area contributed by atoms with E-state index in [1.807, 2.05) is 0 Å². The highest BCUT2D eigenvalue weighted by atomic mass is 127. The third-order valence-electron chi connectivity index (χ3n) is 1.42. The van der Waals surface area contributed by atoms with Gasteiger partial charge in [0.05, 0.1) is 5.56 Å². The maximum atomic E-state index is 11.0. The molecule has 0 spiro atoms. The van der Waals surface area contributed by atoms with Gasteiger partial charge in [-0.2, -0.15) is 0 Å². The Morgan fingerprint density at radius 3 is 2.58 bits per heavy atom. The summed E-state index contributed by atoms with van der Waals surface area (Å²) in [5.41, 5.74) is 0.349. The number of rotatable bonds is 1. The molecule has 0 fully saturated rings. The second kappa shape index (κ2) is 3.74. The third kappa shape index (κ3) is 1.80. The number of carbonyl (C=O) groups excluding carboxylic acids is 1. The first-order valence-electron chi connectivity index (χ1n) is 3.22. The fourth-order valence-corrected chi connectivity index (χ4v) is 1.94. The van der Waals surface area contributed by atoms with E-state index in [1.54, 1.807) is 6.07 Å². The van der Waals surface area contributed by atoms with Gasteiger partial charge in [-0.3, -0.25) is 4.79 Å². The van der Waals surface area contributed by atoms with Crippen LogP contribution in [0, 0.1) is 3.57 Å². The highest BCUT2D eigenvalue weighted by Crippen LogP contribution is 2.30. The predicted molar refractivity (Wildman–Crippen MR) is 58.5 cm³/mol. The molecule has 1 aromatic carbocycles. The molecule has 4 heteroatoms. The Bertz CT molecular complexity index is 336. The molecule has 0 unspecified atom stereocenters. The fourth-order valence-electron chi connectivity index (χ4n) is 0.875. The molecule has 0 amide bonds. The van der Waals surface area contributed by atoms with Crippen molar-refractivity contribution in [2.75, 3.05) is 0 Å². The molecule has 0 aliphatic carbocycles. The van der Waals surface area contributed by atoms with E-state index in [9.17, 15) is 9.90 Å². The van der Waals surface area contributed by atoms with Crippen molar-refractivity contribution >= 4 is 44.3 Å². The number of Topliss-reactive ketones (excluding diaryl/α,β-unsaturated/α-hetero) is 1. The molecule has 0 heterocycles. The number of hydrogen-bond donors (Lipinski definition) is 1. The Morgan fingerprint density at radius 1 is 1.58 bits per heavy atom. The van der Waals surface area contributed by atoms with Crippen LogP contribution in [0.25, 0.3) is 0 Å².